The van der Waals surface area contributed by atoms with Gasteiger partial charge in [-0.15, -0.1) is 11.3 Å². The number of nitrogens with one attached hydrogen (secondary N) is 1. The van der Waals surface area contributed by atoms with E-state index in [2.05, 4.69) is 10.3 Å². The van der Waals surface area contributed by atoms with E-state index in [0.717, 1.165) is 22.8 Å². The summed E-state index contributed by atoms with van der Waals surface area (Å²) >= 11 is 0.786. The summed E-state index contributed by atoms with van der Waals surface area (Å²) in [6.45, 7) is 0. The van der Waals surface area contributed by atoms with E-state index in [4.69, 9.17) is 0 Å². The maximum absolute atomic E-state index is 13.1. The van der Waals surface area contributed by atoms with Crippen LogP contribution >= 0.6 is 11.3 Å². The quantitative estimate of drug-likeness (QED) is 0.808. The number of thiazole rings is 1. The van der Waals surface area contributed by atoms with Gasteiger partial charge in [-0.2, -0.15) is 13.2 Å². The van der Waals surface area contributed by atoms with E-state index in [1.54, 1.807) is 0 Å². The molecule has 0 bridgehead atoms. The lowest BCUT2D eigenvalue weighted by atomic mass is 10.2. The molecule has 2 rings (SSSR count). The number of hydrogen-bond donors (Lipinski definition) is 1. The van der Waals surface area contributed by atoms with Crippen molar-refractivity contribution in [3.63, 3.8) is 0 Å². The summed E-state index contributed by atoms with van der Waals surface area (Å²) in [7, 11) is 0. The lowest BCUT2D eigenvalue weighted by Gasteiger charge is -2.09. The number of nitrogens with zero attached hydrogens (tertiary/aromatic N) is 1. The van der Waals surface area contributed by atoms with Crippen molar-refractivity contribution in [2.75, 3.05) is 5.32 Å². The minimum Gasteiger partial charge on any atom is -0.331 e. The Balaban J connectivity index is 2.26. The molecule has 0 aliphatic heterocycles. The van der Waals surface area contributed by atoms with Crippen molar-refractivity contribution in [1.29, 1.82) is 0 Å². The molecule has 0 atom stereocenters. The molecule has 0 unspecified atom stereocenters. The van der Waals surface area contributed by atoms with Crippen LogP contribution < -0.4 is 5.32 Å². The van der Waals surface area contributed by atoms with Gasteiger partial charge in [-0.05, 0) is 18.2 Å². The molecule has 9 heteroatoms. The van der Waals surface area contributed by atoms with Gasteiger partial charge in [0.25, 0.3) is 6.43 Å². The van der Waals surface area contributed by atoms with E-state index in [0.29, 0.717) is 12.1 Å². The summed E-state index contributed by atoms with van der Waals surface area (Å²) in [6.07, 6.45) is -7.48. The minimum absolute atomic E-state index is 0.0426. The summed E-state index contributed by atoms with van der Waals surface area (Å²) in [5.74, 6) is -1.09. The summed E-state index contributed by atoms with van der Waals surface area (Å²) in [5.41, 5.74) is -1.89. The van der Waals surface area contributed by atoms with Gasteiger partial charge in [-0.1, -0.05) is 0 Å². The Labute approximate surface area is 113 Å². The van der Waals surface area contributed by atoms with Gasteiger partial charge in [0, 0.05) is 11.1 Å². The van der Waals surface area contributed by atoms with Crippen LogP contribution in [0.4, 0.5) is 37.2 Å². The fourth-order valence-electron chi connectivity index (χ4n) is 1.39. The molecule has 20 heavy (non-hydrogen) atoms. The van der Waals surface area contributed by atoms with Crippen molar-refractivity contribution in [1.82, 2.24) is 4.98 Å². The van der Waals surface area contributed by atoms with Crippen LogP contribution in [0.1, 0.15) is 17.7 Å². The van der Waals surface area contributed by atoms with E-state index in [9.17, 15) is 26.3 Å². The molecule has 0 saturated carbocycles. The Morgan fingerprint density at radius 2 is 1.85 bits per heavy atom. The zero-order valence-electron chi connectivity index (χ0n) is 9.51. The average molecular weight is 312 g/mol. The van der Waals surface area contributed by atoms with Crippen molar-refractivity contribution >= 4 is 22.2 Å². The molecule has 0 aliphatic carbocycles. The molecule has 0 aliphatic rings. The minimum atomic E-state index is -4.70. The number of anilines is 2. The van der Waals surface area contributed by atoms with E-state index in [-0.39, 0.29) is 10.8 Å². The molecule has 0 saturated heterocycles. The van der Waals surface area contributed by atoms with Crippen LogP contribution in [0.25, 0.3) is 0 Å². The highest BCUT2D eigenvalue weighted by atomic mass is 32.1. The Morgan fingerprint density at radius 3 is 2.40 bits per heavy atom. The fraction of sp³-hybridized carbons (Fsp3) is 0.182. The van der Waals surface area contributed by atoms with Gasteiger partial charge in [0.05, 0.1) is 5.56 Å². The second kappa shape index (κ2) is 5.31. The normalized spacial score (nSPS) is 11.9. The third kappa shape index (κ3) is 3.41. The summed E-state index contributed by atoms with van der Waals surface area (Å²) < 4.78 is 75.2. The second-order valence-electron chi connectivity index (χ2n) is 3.73. The Bertz CT molecular complexity index is 607. The van der Waals surface area contributed by atoms with Crippen LogP contribution in [-0.2, 0) is 6.18 Å². The lowest BCUT2D eigenvalue weighted by molar-refractivity contribution is -0.137. The molecular formula is C11H6F6N2S. The van der Waals surface area contributed by atoms with Gasteiger partial charge in [-0.25, -0.2) is 18.2 Å². The van der Waals surface area contributed by atoms with Gasteiger partial charge in [0.15, 0.2) is 5.13 Å². The maximum atomic E-state index is 13.1. The standard InChI is InChI=1S/C11H6F6N2S/c12-6-1-5(11(15,16)17)2-7(3-6)18-10-19-8(4-20-10)9(13)14/h1-4,9H,(H,18,19). The molecule has 2 nitrogen and oxygen atoms in total. The van der Waals surface area contributed by atoms with Crippen LogP contribution in [0.15, 0.2) is 23.6 Å². The summed E-state index contributed by atoms with van der Waals surface area (Å²) in [6, 6.07) is 1.84. The van der Waals surface area contributed by atoms with Gasteiger partial charge in [-0.3, -0.25) is 0 Å². The molecule has 0 radical (unpaired) electrons. The van der Waals surface area contributed by atoms with Crippen LogP contribution in [0, 0.1) is 5.82 Å². The SMILES string of the molecule is Fc1cc(Nc2nc(C(F)F)cs2)cc(C(F)(F)F)c1. The number of halogens is 6. The Morgan fingerprint density at radius 1 is 1.15 bits per heavy atom. The first kappa shape index (κ1) is 14.6. The molecule has 2 aromatic rings. The summed E-state index contributed by atoms with van der Waals surface area (Å²) in [4.78, 5) is 3.48. The second-order valence-corrected chi connectivity index (χ2v) is 4.59. The topological polar surface area (TPSA) is 24.9 Å². The predicted molar refractivity (Wildman–Crippen MR) is 61.8 cm³/mol. The molecule has 1 N–H and O–H groups in total. The van der Waals surface area contributed by atoms with Gasteiger partial charge in [0.2, 0.25) is 0 Å². The molecule has 1 heterocycles. The van der Waals surface area contributed by atoms with Crippen LogP contribution in [0.5, 0.6) is 0 Å². The number of rotatable bonds is 3. The zero-order valence-corrected chi connectivity index (χ0v) is 10.3. The first-order chi connectivity index (χ1) is 9.25. The highest BCUT2D eigenvalue weighted by molar-refractivity contribution is 7.13. The average Bonchev–Trinajstić information content (AvgIpc) is 2.75. The monoisotopic (exact) mass is 312 g/mol. The molecule has 1 aromatic heterocycles. The number of benzene rings is 1. The predicted octanol–water partition coefficient (Wildman–Crippen LogP) is 4.98. The van der Waals surface area contributed by atoms with Gasteiger partial charge >= 0.3 is 6.18 Å². The highest BCUT2D eigenvalue weighted by Crippen LogP contribution is 2.33. The molecular weight excluding hydrogens is 306 g/mol. The largest absolute Gasteiger partial charge is 0.416 e. The highest BCUT2D eigenvalue weighted by Gasteiger charge is 2.31. The van der Waals surface area contributed by atoms with Crippen molar-refractivity contribution in [2.24, 2.45) is 0 Å². The van der Waals surface area contributed by atoms with E-state index >= 15 is 0 Å². The molecule has 0 fully saturated rings. The maximum Gasteiger partial charge on any atom is 0.416 e. The zero-order chi connectivity index (χ0) is 14.9. The van der Waals surface area contributed by atoms with Gasteiger partial charge in [0.1, 0.15) is 11.5 Å². The molecule has 108 valence electrons. The Hall–Kier alpha value is -1.77. The number of hydrogen-bond acceptors (Lipinski definition) is 3. The van der Waals surface area contributed by atoms with Crippen molar-refractivity contribution in [3.05, 3.63) is 40.7 Å². The first-order valence-corrected chi connectivity index (χ1v) is 6.02. The van der Waals surface area contributed by atoms with Crippen molar-refractivity contribution < 1.29 is 26.3 Å². The van der Waals surface area contributed by atoms with E-state index in [1.807, 2.05) is 0 Å². The molecule has 0 spiro atoms. The van der Waals surface area contributed by atoms with E-state index < -0.39 is 29.7 Å². The fourth-order valence-corrected chi connectivity index (χ4v) is 2.12. The smallest absolute Gasteiger partial charge is 0.331 e. The van der Waals surface area contributed by atoms with Crippen LogP contribution in [0.3, 0.4) is 0 Å². The van der Waals surface area contributed by atoms with Crippen LogP contribution in [-0.4, -0.2) is 4.98 Å². The third-order valence-electron chi connectivity index (χ3n) is 2.22. The third-order valence-corrected chi connectivity index (χ3v) is 3.00. The number of aromatic nitrogens is 1. The lowest BCUT2D eigenvalue weighted by Crippen LogP contribution is -2.06. The number of alkyl halides is 5. The molecule has 0 amide bonds. The van der Waals surface area contributed by atoms with E-state index in [1.165, 1.54) is 0 Å². The van der Waals surface area contributed by atoms with Crippen molar-refractivity contribution in [2.45, 2.75) is 12.6 Å². The van der Waals surface area contributed by atoms with Gasteiger partial charge < -0.3 is 5.32 Å². The van der Waals surface area contributed by atoms with Crippen LogP contribution in [0.2, 0.25) is 0 Å². The Kier molecular flexibility index (Phi) is 3.89. The summed E-state index contributed by atoms with van der Waals surface area (Å²) in [5, 5.41) is 3.39. The first-order valence-electron chi connectivity index (χ1n) is 5.14. The molecule has 1 aromatic carbocycles. The van der Waals surface area contributed by atoms with Crippen molar-refractivity contribution in [3.8, 4) is 0 Å².